The Bertz CT molecular complexity index is 499. The third kappa shape index (κ3) is 2.60. The molecule has 0 aromatic heterocycles. The topological polar surface area (TPSA) is 72.6 Å². The predicted octanol–water partition coefficient (Wildman–Crippen LogP) is 2.01. The SMILES string of the molecule is CC1(C)Cc2cc(CC(N)C(=O)O)cc(Cl)c2O1. The minimum absolute atomic E-state index is 0.264. The lowest BCUT2D eigenvalue weighted by Crippen LogP contribution is -2.32. The molecule has 1 heterocycles. The second kappa shape index (κ2) is 4.44. The Balaban J connectivity index is 2.27. The van der Waals surface area contributed by atoms with Crippen molar-refractivity contribution in [2.24, 2.45) is 5.73 Å². The molecule has 0 saturated carbocycles. The number of fused-ring (bicyclic) bond motifs is 1. The molecule has 1 aromatic carbocycles. The Kier molecular flexibility index (Phi) is 3.25. The average molecular weight is 270 g/mol. The highest BCUT2D eigenvalue weighted by molar-refractivity contribution is 6.32. The number of halogens is 1. The van der Waals surface area contributed by atoms with Crippen molar-refractivity contribution in [3.8, 4) is 5.75 Å². The van der Waals surface area contributed by atoms with Gasteiger partial charge in [-0.3, -0.25) is 4.79 Å². The molecule has 0 fully saturated rings. The van der Waals surface area contributed by atoms with Crippen LogP contribution in [0.1, 0.15) is 25.0 Å². The van der Waals surface area contributed by atoms with E-state index in [1.54, 1.807) is 6.07 Å². The monoisotopic (exact) mass is 269 g/mol. The normalized spacial score (nSPS) is 18.0. The molecule has 18 heavy (non-hydrogen) atoms. The van der Waals surface area contributed by atoms with Crippen LogP contribution >= 0.6 is 11.6 Å². The van der Waals surface area contributed by atoms with Gasteiger partial charge in [-0.05, 0) is 37.5 Å². The summed E-state index contributed by atoms with van der Waals surface area (Å²) in [6, 6.07) is 2.75. The predicted molar refractivity (Wildman–Crippen MR) is 69.2 cm³/mol. The Morgan fingerprint density at radius 2 is 2.28 bits per heavy atom. The molecule has 3 N–H and O–H groups in total. The molecule has 0 radical (unpaired) electrons. The molecule has 1 aromatic rings. The summed E-state index contributed by atoms with van der Waals surface area (Å²) in [5.74, 6) is -0.308. The van der Waals surface area contributed by atoms with E-state index < -0.39 is 12.0 Å². The van der Waals surface area contributed by atoms with Gasteiger partial charge in [0.1, 0.15) is 17.4 Å². The van der Waals surface area contributed by atoms with E-state index in [1.165, 1.54) is 0 Å². The number of aliphatic carboxylic acids is 1. The van der Waals surface area contributed by atoms with Crippen LogP contribution in [0.5, 0.6) is 5.75 Å². The van der Waals surface area contributed by atoms with Crippen LogP contribution in [0.25, 0.3) is 0 Å². The highest BCUT2D eigenvalue weighted by atomic mass is 35.5. The van der Waals surface area contributed by atoms with Crippen molar-refractivity contribution in [3.05, 3.63) is 28.3 Å². The van der Waals surface area contributed by atoms with Crippen LogP contribution in [0.4, 0.5) is 0 Å². The van der Waals surface area contributed by atoms with Crippen LogP contribution in [-0.2, 0) is 17.6 Å². The Morgan fingerprint density at radius 1 is 1.61 bits per heavy atom. The molecule has 0 bridgehead atoms. The van der Waals surface area contributed by atoms with E-state index in [0.717, 1.165) is 17.5 Å². The number of benzene rings is 1. The lowest BCUT2D eigenvalue weighted by Gasteiger charge is -2.17. The number of carboxylic acids is 1. The van der Waals surface area contributed by atoms with E-state index in [2.05, 4.69) is 0 Å². The molecule has 1 aliphatic heterocycles. The van der Waals surface area contributed by atoms with Gasteiger partial charge in [-0.2, -0.15) is 0 Å². The molecule has 4 nitrogen and oxygen atoms in total. The fourth-order valence-corrected chi connectivity index (χ4v) is 2.49. The summed E-state index contributed by atoms with van der Waals surface area (Å²) in [4.78, 5) is 10.7. The Morgan fingerprint density at radius 3 is 2.89 bits per heavy atom. The van der Waals surface area contributed by atoms with Crippen molar-refractivity contribution in [1.82, 2.24) is 0 Å². The van der Waals surface area contributed by atoms with E-state index in [-0.39, 0.29) is 12.0 Å². The van der Waals surface area contributed by atoms with Crippen molar-refractivity contribution >= 4 is 17.6 Å². The van der Waals surface area contributed by atoms with Crippen molar-refractivity contribution in [2.45, 2.75) is 38.3 Å². The first-order valence-electron chi connectivity index (χ1n) is 5.77. The molecule has 5 heteroatoms. The van der Waals surface area contributed by atoms with E-state index >= 15 is 0 Å². The average Bonchev–Trinajstić information content (AvgIpc) is 2.53. The Labute approximate surface area is 111 Å². The summed E-state index contributed by atoms with van der Waals surface area (Å²) in [6.07, 6.45) is 1.03. The number of carbonyl (C=O) groups is 1. The summed E-state index contributed by atoms with van der Waals surface area (Å²) in [5, 5.41) is 9.33. The zero-order valence-corrected chi connectivity index (χ0v) is 11.1. The standard InChI is InChI=1S/C13H16ClNO3/c1-13(2)6-8-3-7(5-10(15)12(16)17)4-9(14)11(8)18-13/h3-4,10H,5-6,15H2,1-2H3,(H,16,17). The van der Waals surface area contributed by atoms with Crippen LogP contribution < -0.4 is 10.5 Å². The number of hydrogen-bond donors (Lipinski definition) is 2. The van der Waals surface area contributed by atoms with Crippen molar-refractivity contribution in [2.75, 3.05) is 0 Å². The van der Waals surface area contributed by atoms with Crippen LogP contribution in [-0.4, -0.2) is 22.7 Å². The summed E-state index contributed by atoms with van der Waals surface area (Å²) < 4.78 is 5.75. The molecule has 1 unspecified atom stereocenters. The molecule has 0 aliphatic carbocycles. The van der Waals surface area contributed by atoms with Gasteiger partial charge in [0.25, 0.3) is 0 Å². The second-order valence-electron chi connectivity index (χ2n) is 5.25. The first-order chi connectivity index (χ1) is 8.28. The molecule has 98 valence electrons. The molecular formula is C13H16ClNO3. The van der Waals surface area contributed by atoms with Gasteiger partial charge in [-0.15, -0.1) is 0 Å². The third-order valence-electron chi connectivity index (χ3n) is 2.95. The molecule has 1 atom stereocenters. The lowest BCUT2D eigenvalue weighted by molar-refractivity contribution is -0.138. The summed E-state index contributed by atoms with van der Waals surface area (Å²) in [5.41, 5.74) is 7.10. The minimum atomic E-state index is -1.01. The van der Waals surface area contributed by atoms with Crippen LogP contribution in [0.2, 0.25) is 5.02 Å². The zero-order valence-electron chi connectivity index (χ0n) is 10.4. The lowest BCUT2D eigenvalue weighted by atomic mass is 9.98. The van der Waals surface area contributed by atoms with Gasteiger partial charge in [0, 0.05) is 6.42 Å². The van der Waals surface area contributed by atoms with Gasteiger partial charge in [-0.1, -0.05) is 17.7 Å². The Hall–Kier alpha value is -1.26. The van der Waals surface area contributed by atoms with Gasteiger partial charge in [0.2, 0.25) is 0 Å². The number of ether oxygens (including phenoxy) is 1. The maximum Gasteiger partial charge on any atom is 0.320 e. The van der Waals surface area contributed by atoms with E-state index in [4.69, 9.17) is 27.2 Å². The quantitative estimate of drug-likeness (QED) is 0.880. The number of rotatable bonds is 3. The van der Waals surface area contributed by atoms with Gasteiger partial charge in [0.05, 0.1) is 5.02 Å². The van der Waals surface area contributed by atoms with E-state index in [1.807, 2.05) is 19.9 Å². The molecule has 2 rings (SSSR count). The molecule has 1 aliphatic rings. The van der Waals surface area contributed by atoms with Crippen molar-refractivity contribution in [3.63, 3.8) is 0 Å². The van der Waals surface area contributed by atoms with Gasteiger partial charge in [0.15, 0.2) is 0 Å². The fraction of sp³-hybridized carbons (Fsp3) is 0.462. The second-order valence-corrected chi connectivity index (χ2v) is 5.66. The fourth-order valence-electron chi connectivity index (χ4n) is 2.19. The van der Waals surface area contributed by atoms with Gasteiger partial charge in [-0.25, -0.2) is 0 Å². The van der Waals surface area contributed by atoms with Gasteiger partial charge < -0.3 is 15.6 Å². The number of nitrogens with two attached hydrogens (primary N) is 1. The van der Waals surface area contributed by atoms with Gasteiger partial charge >= 0.3 is 5.97 Å². The molecule has 0 spiro atoms. The van der Waals surface area contributed by atoms with Crippen molar-refractivity contribution in [1.29, 1.82) is 0 Å². The van der Waals surface area contributed by atoms with Crippen molar-refractivity contribution < 1.29 is 14.6 Å². The number of hydrogen-bond acceptors (Lipinski definition) is 3. The first-order valence-corrected chi connectivity index (χ1v) is 6.15. The molecular weight excluding hydrogens is 254 g/mol. The summed E-state index contributed by atoms with van der Waals surface area (Å²) >= 11 is 6.15. The maximum atomic E-state index is 10.7. The first kappa shape index (κ1) is 13.2. The van der Waals surface area contributed by atoms with Crippen LogP contribution in [0.3, 0.4) is 0 Å². The number of carboxylic acid groups (broad SMARTS) is 1. The highest BCUT2D eigenvalue weighted by Gasteiger charge is 2.32. The summed E-state index contributed by atoms with van der Waals surface area (Å²) in [6.45, 7) is 3.98. The third-order valence-corrected chi connectivity index (χ3v) is 3.23. The van der Waals surface area contributed by atoms with E-state index in [9.17, 15) is 4.79 Å². The van der Waals surface area contributed by atoms with Crippen LogP contribution in [0, 0.1) is 0 Å². The molecule has 0 amide bonds. The smallest absolute Gasteiger partial charge is 0.320 e. The van der Waals surface area contributed by atoms with Crippen LogP contribution in [0.15, 0.2) is 12.1 Å². The minimum Gasteiger partial charge on any atom is -0.486 e. The zero-order chi connectivity index (χ0) is 13.5. The van der Waals surface area contributed by atoms with E-state index in [0.29, 0.717) is 10.8 Å². The summed E-state index contributed by atoms with van der Waals surface area (Å²) in [7, 11) is 0. The maximum absolute atomic E-state index is 10.7. The highest BCUT2D eigenvalue weighted by Crippen LogP contribution is 2.41. The largest absolute Gasteiger partial charge is 0.486 e. The molecule has 0 saturated heterocycles.